The Balaban J connectivity index is 0.000000686. The van der Waals surface area contributed by atoms with Crippen LogP contribution in [0.4, 0.5) is 0 Å². The van der Waals surface area contributed by atoms with Gasteiger partial charge in [0, 0.05) is 0 Å². The van der Waals surface area contributed by atoms with Crippen LogP contribution in [0.3, 0.4) is 0 Å². The highest BCUT2D eigenvalue weighted by molar-refractivity contribution is 5.86. The fourth-order valence-electron chi connectivity index (χ4n) is 1.85. The predicted molar refractivity (Wildman–Crippen MR) is 68.3 cm³/mol. The first-order valence-corrected chi connectivity index (χ1v) is 5.79. The molecule has 1 aliphatic rings. The number of ether oxygens (including phenoxy) is 1. The van der Waals surface area contributed by atoms with Gasteiger partial charge in [0.25, 0.3) is 0 Å². The number of carboxylic acids is 1. The zero-order valence-electron chi connectivity index (χ0n) is 10.5. The smallest absolute Gasteiger partial charge is 0.307 e. The molecule has 17 heavy (non-hydrogen) atoms. The lowest BCUT2D eigenvalue weighted by atomic mass is 10.0. The summed E-state index contributed by atoms with van der Waals surface area (Å²) in [5.41, 5.74) is 3.09. The topological polar surface area (TPSA) is 46.5 Å². The molecule has 0 fully saturated rings. The molecule has 0 atom stereocenters. The third-order valence-corrected chi connectivity index (χ3v) is 2.57. The monoisotopic (exact) mass is 234 g/mol. The summed E-state index contributed by atoms with van der Waals surface area (Å²) in [5, 5.41) is 8.73. The van der Waals surface area contributed by atoms with E-state index in [0.29, 0.717) is 0 Å². The Morgan fingerprint density at radius 3 is 2.71 bits per heavy atom. The summed E-state index contributed by atoms with van der Waals surface area (Å²) in [5.74, 6) is 0.0312. The number of carboxylic acid groups (broad SMARTS) is 1. The van der Waals surface area contributed by atoms with Crippen molar-refractivity contribution in [2.24, 2.45) is 0 Å². The van der Waals surface area contributed by atoms with Gasteiger partial charge in [0.1, 0.15) is 5.75 Å². The Kier molecular flexibility index (Phi) is 4.76. The van der Waals surface area contributed by atoms with Crippen molar-refractivity contribution in [1.82, 2.24) is 0 Å². The van der Waals surface area contributed by atoms with Gasteiger partial charge in [-0.3, -0.25) is 4.79 Å². The molecule has 0 heterocycles. The summed E-state index contributed by atoms with van der Waals surface area (Å²) >= 11 is 0. The predicted octanol–water partition coefficient (Wildman–Crippen LogP) is 3.14. The summed E-state index contributed by atoms with van der Waals surface area (Å²) in [6.45, 7) is 4.00. The lowest BCUT2D eigenvalue weighted by molar-refractivity contribution is -0.135. The SMILES string of the molecule is CC.COc1ccc2c(c1)CC=C2CC(=O)O. The van der Waals surface area contributed by atoms with Crippen LogP contribution < -0.4 is 4.74 Å². The number of rotatable bonds is 3. The van der Waals surface area contributed by atoms with Gasteiger partial charge in [-0.25, -0.2) is 0 Å². The molecule has 0 saturated carbocycles. The molecule has 3 nitrogen and oxygen atoms in total. The van der Waals surface area contributed by atoms with Crippen LogP contribution in [0.5, 0.6) is 5.75 Å². The van der Waals surface area contributed by atoms with Crippen LogP contribution in [0.2, 0.25) is 0 Å². The Hall–Kier alpha value is -1.77. The third-order valence-electron chi connectivity index (χ3n) is 2.57. The molecule has 1 aromatic rings. The Morgan fingerprint density at radius 1 is 1.41 bits per heavy atom. The van der Waals surface area contributed by atoms with Gasteiger partial charge in [-0.15, -0.1) is 0 Å². The van der Waals surface area contributed by atoms with Gasteiger partial charge in [0.15, 0.2) is 0 Å². The molecule has 3 heteroatoms. The maximum atomic E-state index is 10.6. The fraction of sp³-hybridized carbons (Fsp3) is 0.357. The standard InChI is InChI=1S/C12H12O3.C2H6/c1-15-10-4-5-11-8(6-10)2-3-9(11)7-12(13)14;1-2/h3-6H,2,7H2,1H3,(H,13,14);1-2H3. The highest BCUT2D eigenvalue weighted by Crippen LogP contribution is 2.32. The third kappa shape index (κ3) is 3.09. The van der Waals surface area contributed by atoms with Crippen molar-refractivity contribution in [3.05, 3.63) is 35.4 Å². The summed E-state index contributed by atoms with van der Waals surface area (Å²) in [4.78, 5) is 10.6. The minimum absolute atomic E-state index is 0.0966. The molecule has 0 spiro atoms. The lowest BCUT2D eigenvalue weighted by Gasteiger charge is -2.05. The molecule has 2 rings (SSSR count). The second kappa shape index (κ2) is 6.09. The van der Waals surface area contributed by atoms with Gasteiger partial charge in [-0.05, 0) is 35.3 Å². The molecule has 1 aromatic carbocycles. The first-order chi connectivity index (χ1) is 8.20. The van der Waals surface area contributed by atoms with Gasteiger partial charge in [-0.1, -0.05) is 26.0 Å². The molecule has 0 radical (unpaired) electrons. The quantitative estimate of drug-likeness (QED) is 0.874. The van der Waals surface area contributed by atoms with Gasteiger partial charge >= 0.3 is 5.97 Å². The summed E-state index contributed by atoms with van der Waals surface area (Å²) in [6.07, 6.45) is 2.87. The molecule has 1 aliphatic carbocycles. The van der Waals surface area contributed by atoms with E-state index in [4.69, 9.17) is 9.84 Å². The van der Waals surface area contributed by atoms with Crippen LogP contribution in [0.15, 0.2) is 24.3 Å². The van der Waals surface area contributed by atoms with E-state index in [9.17, 15) is 4.79 Å². The second-order valence-corrected chi connectivity index (χ2v) is 3.53. The van der Waals surface area contributed by atoms with E-state index in [0.717, 1.165) is 28.9 Å². The fourth-order valence-corrected chi connectivity index (χ4v) is 1.85. The highest BCUT2D eigenvalue weighted by atomic mass is 16.5. The Bertz CT molecular complexity index is 433. The molecular weight excluding hydrogens is 216 g/mol. The van der Waals surface area contributed by atoms with E-state index >= 15 is 0 Å². The first kappa shape index (κ1) is 13.3. The summed E-state index contributed by atoms with van der Waals surface area (Å²) < 4.78 is 5.12. The van der Waals surface area contributed by atoms with E-state index in [2.05, 4.69) is 0 Å². The van der Waals surface area contributed by atoms with Gasteiger partial charge in [0.2, 0.25) is 0 Å². The Morgan fingerprint density at radius 2 is 2.12 bits per heavy atom. The van der Waals surface area contributed by atoms with Crippen molar-refractivity contribution < 1.29 is 14.6 Å². The van der Waals surface area contributed by atoms with Crippen LogP contribution in [-0.2, 0) is 11.2 Å². The molecule has 1 N–H and O–H groups in total. The van der Waals surface area contributed by atoms with Gasteiger partial charge < -0.3 is 9.84 Å². The minimum Gasteiger partial charge on any atom is -0.497 e. The number of fused-ring (bicyclic) bond motifs is 1. The summed E-state index contributed by atoms with van der Waals surface area (Å²) in [7, 11) is 1.63. The Labute approximate surface area is 102 Å². The van der Waals surface area contributed by atoms with Crippen molar-refractivity contribution >= 4 is 11.5 Å². The van der Waals surface area contributed by atoms with Crippen molar-refractivity contribution in [3.8, 4) is 5.75 Å². The molecule has 0 saturated heterocycles. The average Bonchev–Trinajstić information content (AvgIpc) is 2.73. The van der Waals surface area contributed by atoms with E-state index in [1.807, 2.05) is 38.1 Å². The van der Waals surface area contributed by atoms with Crippen molar-refractivity contribution in [2.75, 3.05) is 7.11 Å². The largest absolute Gasteiger partial charge is 0.497 e. The van der Waals surface area contributed by atoms with Crippen molar-refractivity contribution in [3.63, 3.8) is 0 Å². The molecular formula is C14H18O3. The number of carbonyl (C=O) groups is 1. The minimum atomic E-state index is -0.787. The van der Waals surface area contributed by atoms with Crippen molar-refractivity contribution in [2.45, 2.75) is 26.7 Å². The average molecular weight is 234 g/mol. The van der Waals surface area contributed by atoms with E-state index < -0.39 is 5.97 Å². The summed E-state index contributed by atoms with van der Waals surface area (Å²) in [6, 6.07) is 5.75. The number of hydrogen-bond donors (Lipinski definition) is 1. The molecule has 0 bridgehead atoms. The maximum absolute atomic E-state index is 10.6. The first-order valence-electron chi connectivity index (χ1n) is 5.79. The van der Waals surface area contributed by atoms with Crippen LogP contribution in [0.1, 0.15) is 31.4 Å². The number of methoxy groups -OCH3 is 1. The van der Waals surface area contributed by atoms with E-state index in [1.54, 1.807) is 7.11 Å². The van der Waals surface area contributed by atoms with Crippen LogP contribution >= 0.6 is 0 Å². The van der Waals surface area contributed by atoms with Crippen LogP contribution in [0.25, 0.3) is 5.57 Å². The molecule has 0 unspecified atom stereocenters. The van der Waals surface area contributed by atoms with Crippen LogP contribution in [-0.4, -0.2) is 18.2 Å². The highest BCUT2D eigenvalue weighted by Gasteiger charge is 2.16. The van der Waals surface area contributed by atoms with Gasteiger partial charge in [-0.2, -0.15) is 0 Å². The molecule has 0 amide bonds. The maximum Gasteiger partial charge on any atom is 0.307 e. The van der Waals surface area contributed by atoms with E-state index in [1.165, 1.54) is 0 Å². The van der Waals surface area contributed by atoms with Crippen LogP contribution in [0, 0.1) is 0 Å². The number of allylic oxidation sites excluding steroid dienone is 1. The second-order valence-electron chi connectivity index (χ2n) is 3.53. The normalized spacial score (nSPS) is 12.1. The van der Waals surface area contributed by atoms with Gasteiger partial charge in [0.05, 0.1) is 13.5 Å². The molecule has 0 aliphatic heterocycles. The van der Waals surface area contributed by atoms with Crippen molar-refractivity contribution in [1.29, 1.82) is 0 Å². The zero-order chi connectivity index (χ0) is 12.8. The number of hydrogen-bond acceptors (Lipinski definition) is 2. The molecule has 0 aromatic heterocycles. The number of aliphatic carboxylic acids is 1. The zero-order valence-corrected chi connectivity index (χ0v) is 10.5. The lowest BCUT2D eigenvalue weighted by Crippen LogP contribution is -1.96. The number of benzene rings is 1. The van der Waals surface area contributed by atoms with E-state index in [-0.39, 0.29) is 6.42 Å². The molecule has 92 valence electrons.